The molecule has 6 nitrogen and oxygen atoms in total. The van der Waals surface area contributed by atoms with Crippen LogP contribution in [-0.4, -0.2) is 55.3 Å². The molecule has 0 aromatic heterocycles. The third-order valence-electron chi connectivity index (χ3n) is 4.47. The normalized spacial score (nSPS) is 14.3. The van der Waals surface area contributed by atoms with Crippen LogP contribution >= 0.6 is 23.4 Å². The first-order chi connectivity index (χ1) is 14.5. The maximum Gasteiger partial charge on any atom is 0.234 e. The Balaban J connectivity index is 1.49. The van der Waals surface area contributed by atoms with Crippen molar-refractivity contribution in [1.29, 1.82) is 0 Å². The summed E-state index contributed by atoms with van der Waals surface area (Å²) in [4.78, 5) is 27.4. The van der Waals surface area contributed by atoms with Gasteiger partial charge < -0.3 is 15.4 Å². The second-order valence-corrected chi connectivity index (χ2v) is 8.22. The summed E-state index contributed by atoms with van der Waals surface area (Å²) in [6.45, 7) is 3.49. The van der Waals surface area contributed by atoms with E-state index in [4.69, 9.17) is 16.3 Å². The second kappa shape index (κ2) is 11.3. The molecule has 1 heterocycles. The molecule has 0 aliphatic carbocycles. The van der Waals surface area contributed by atoms with Crippen LogP contribution in [0.25, 0.3) is 0 Å². The summed E-state index contributed by atoms with van der Waals surface area (Å²) in [5, 5.41) is 5.94. The van der Waals surface area contributed by atoms with Gasteiger partial charge in [-0.15, -0.1) is 11.8 Å². The highest BCUT2D eigenvalue weighted by atomic mass is 35.5. The molecule has 0 radical (unpaired) electrons. The van der Waals surface area contributed by atoms with Crippen LogP contribution in [0.1, 0.15) is 6.42 Å². The zero-order valence-electron chi connectivity index (χ0n) is 16.3. The molecule has 9 heteroatoms. The van der Waals surface area contributed by atoms with E-state index in [0.717, 1.165) is 18.0 Å². The van der Waals surface area contributed by atoms with Gasteiger partial charge in [0, 0.05) is 41.7 Å². The molecule has 1 fully saturated rings. The first-order valence-electron chi connectivity index (χ1n) is 9.57. The van der Waals surface area contributed by atoms with Gasteiger partial charge in [-0.1, -0.05) is 11.6 Å². The van der Waals surface area contributed by atoms with E-state index in [2.05, 4.69) is 15.5 Å². The van der Waals surface area contributed by atoms with Crippen LogP contribution in [0, 0.1) is 5.82 Å². The zero-order chi connectivity index (χ0) is 21.3. The van der Waals surface area contributed by atoms with Crippen molar-refractivity contribution in [2.45, 2.75) is 11.3 Å². The van der Waals surface area contributed by atoms with Gasteiger partial charge in [0.25, 0.3) is 0 Å². The Morgan fingerprint density at radius 1 is 1.07 bits per heavy atom. The van der Waals surface area contributed by atoms with Gasteiger partial charge in [0.05, 0.1) is 24.7 Å². The lowest BCUT2D eigenvalue weighted by atomic mass is 10.2. The van der Waals surface area contributed by atoms with E-state index >= 15 is 0 Å². The van der Waals surface area contributed by atoms with Crippen LogP contribution < -0.4 is 10.6 Å². The van der Waals surface area contributed by atoms with Gasteiger partial charge in [0.2, 0.25) is 11.8 Å². The molecule has 160 valence electrons. The number of amides is 2. The van der Waals surface area contributed by atoms with Crippen molar-refractivity contribution in [1.82, 2.24) is 4.90 Å². The highest BCUT2D eigenvalue weighted by Gasteiger charge is 2.14. The number of nitrogens with zero attached hydrogens (tertiary/aromatic N) is 1. The highest BCUT2D eigenvalue weighted by molar-refractivity contribution is 8.00. The third-order valence-corrected chi connectivity index (χ3v) is 5.73. The van der Waals surface area contributed by atoms with Crippen LogP contribution in [0.3, 0.4) is 0 Å². The molecule has 0 spiro atoms. The SMILES string of the molecule is O=C(CSc1ccc(Cl)cc1)Nc1ccc(F)c(NC(=O)CCN2CCOCC2)c1. The van der Waals surface area contributed by atoms with Crippen molar-refractivity contribution < 1.29 is 18.7 Å². The van der Waals surface area contributed by atoms with Crippen LogP contribution in [-0.2, 0) is 14.3 Å². The fourth-order valence-electron chi connectivity index (χ4n) is 2.87. The quantitative estimate of drug-likeness (QED) is 0.596. The average Bonchev–Trinajstić information content (AvgIpc) is 2.75. The Kier molecular flexibility index (Phi) is 8.50. The Morgan fingerprint density at radius 3 is 2.53 bits per heavy atom. The Hall–Kier alpha value is -2.13. The summed E-state index contributed by atoms with van der Waals surface area (Å²) >= 11 is 7.21. The maximum absolute atomic E-state index is 14.1. The molecule has 0 atom stereocenters. The Bertz CT molecular complexity index is 876. The van der Waals surface area contributed by atoms with E-state index in [0.29, 0.717) is 30.5 Å². The second-order valence-electron chi connectivity index (χ2n) is 6.74. The number of nitrogens with one attached hydrogen (secondary N) is 2. The van der Waals surface area contributed by atoms with Gasteiger partial charge in [-0.25, -0.2) is 4.39 Å². The fourth-order valence-corrected chi connectivity index (χ4v) is 3.70. The van der Waals surface area contributed by atoms with Gasteiger partial charge in [-0.05, 0) is 42.5 Å². The average molecular weight is 452 g/mol. The molecule has 2 amide bonds. The van der Waals surface area contributed by atoms with Crippen molar-refractivity contribution >= 4 is 46.6 Å². The van der Waals surface area contributed by atoms with Crippen LogP contribution in [0.2, 0.25) is 5.02 Å². The minimum absolute atomic E-state index is 0.0464. The first-order valence-corrected chi connectivity index (χ1v) is 10.9. The number of hydrogen-bond acceptors (Lipinski definition) is 5. The third kappa shape index (κ3) is 7.28. The molecule has 1 aliphatic heterocycles. The predicted molar refractivity (Wildman–Crippen MR) is 118 cm³/mol. The highest BCUT2D eigenvalue weighted by Crippen LogP contribution is 2.22. The topological polar surface area (TPSA) is 70.7 Å². The van der Waals surface area contributed by atoms with Gasteiger partial charge in [-0.2, -0.15) is 0 Å². The number of hydrogen-bond donors (Lipinski definition) is 2. The van der Waals surface area contributed by atoms with Gasteiger partial charge in [0.15, 0.2) is 0 Å². The summed E-state index contributed by atoms with van der Waals surface area (Å²) in [5.41, 5.74) is 0.465. The van der Waals surface area contributed by atoms with Gasteiger partial charge in [-0.3, -0.25) is 14.5 Å². The van der Waals surface area contributed by atoms with E-state index in [9.17, 15) is 14.0 Å². The van der Waals surface area contributed by atoms with Crippen molar-refractivity contribution in [3.63, 3.8) is 0 Å². The largest absolute Gasteiger partial charge is 0.379 e. The van der Waals surface area contributed by atoms with Crippen LogP contribution in [0.5, 0.6) is 0 Å². The zero-order valence-corrected chi connectivity index (χ0v) is 17.9. The molecule has 1 aliphatic rings. The predicted octanol–water partition coefficient (Wildman–Crippen LogP) is 3.87. The minimum Gasteiger partial charge on any atom is -0.379 e. The molecular formula is C21H23ClFN3O3S. The van der Waals surface area contributed by atoms with Crippen molar-refractivity contribution in [2.75, 3.05) is 49.2 Å². The molecule has 3 rings (SSSR count). The number of thioether (sulfide) groups is 1. The number of halogens is 2. The smallest absolute Gasteiger partial charge is 0.234 e. The van der Waals surface area contributed by atoms with E-state index in [1.165, 1.54) is 30.0 Å². The number of benzene rings is 2. The lowest BCUT2D eigenvalue weighted by Crippen LogP contribution is -2.38. The Labute approximate surface area is 184 Å². The molecule has 2 N–H and O–H groups in total. The minimum atomic E-state index is -0.553. The number of ether oxygens (including phenoxy) is 1. The molecular weight excluding hydrogens is 429 g/mol. The number of carbonyl (C=O) groups is 2. The summed E-state index contributed by atoms with van der Waals surface area (Å²) in [6.07, 6.45) is 0.258. The van der Waals surface area contributed by atoms with E-state index in [-0.39, 0.29) is 29.7 Å². The lowest BCUT2D eigenvalue weighted by Gasteiger charge is -2.26. The lowest BCUT2D eigenvalue weighted by molar-refractivity contribution is -0.117. The van der Waals surface area contributed by atoms with Gasteiger partial charge in [0.1, 0.15) is 5.82 Å². The molecule has 2 aromatic carbocycles. The molecule has 0 saturated carbocycles. The fraction of sp³-hybridized carbons (Fsp3) is 0.333. The first kappa shape index (κ1) is 22.6. The molecule has 1 saturated heterocycles. The number of morpholine rings is 1. The summed E-state index contributed by atoms with van der Waals surface area (Å²) in [7, 11) is 0. The van der Waals surface area contributed by atoms with E-state index in [1.807, 2.05) is 12.1 Å². The monoisotopic (exact) mass is 451 g/mol. The van der Waals surface area contributed by atoms with E-state index in [1.54, 1.807) is 12.1 Å². The number of rotatable bonds is 8. The maximum atomic E-state index is 14.1. The summed E-state index contributed by atoms with van der Waals surface area (Å²) in [5.74, 6) is -0.864. The number of anilines is 2. The standard InChI is InChI=1S/C21H23ClFN3O3S/c22-15-1-4-17(5-2-15)30-14-21(28)24-16-3-6-18(23)19(13-16)25-20(27)7-8-26-9-11-29-12-10-26/h1-6,13H,7-12,14H2,(H,24,28)(H,25,27). The molecule has 2 aromatic rings. The van der Waals surface area contributed by atoms with Crippen molar-refractivity contribution in [3.05, 3.63) is 53.3 Å². The molecule has 30 heavy (non-hydrogen) atoms. The van der Waals surface area contributed by atoms with Crippen molar-refractivity contribution in [3.8, 4) is 0 Å². The van der Waals surface area contributed by atoms with Crippen molar-refractivity contribution in [2.24, 2.45) is 0 Å². The Morgan fingerprint density at radius 2 is 1.80 bits per heavy atom. The van der Waals surface area contributed by atoms with Crippen LogP contribution in [0.4, 0.5) is 15.8 Å². The molecule has 0 bridgehead atoms. The number of carbonyl (C=O) groups excluding carboxylic acids is 2. The van der Waals surface area contributed by atoms with Crippen LogP contribution in [0.15, 0.2) is 47.4 Å². The van der Waals surface area contributed by atoms with Gasteiger partial charge >= 0.3 is 0 Å². The summed E-state index contributed by atoms with van der Waals surface area (Å²) < 4.78 is 19.4. The summed E-state index contributed by atoms with van der Waals surface area (Å²) in [6, 6.07) is 11.3. The molecule has 0 unspecified atom stereocenters. The van der Waals surface area contributed by atoms with E-state index < -0.39 is 5.82 Å².